The molecule has 1 aromatic heterocycles. The Morgan fingerprint density at radius 2 is 2.24 bits per heavy atom. The Hall–Kier alpha value is -1.52. The third-order valence-corrected chi connectivity index (χ3v) is 2.49. The van der Waals surface area contributed by atoms with Crippen molar-refractivity contribution in [1.82, 2.24) is 9.78 Å². The molecule has 0 unspecified atom stereocenters. The van der Waals surface area contributed by atoms with Crippen molar-refractivity contribution in [2.24, 2.45) is 0 Å². The monoisotopic (exact) mass is 239 g/mol. The molecule has 0 bridgehead atoms. The summed E-state index contributed by atoms with van der Waals surface area (Å²) in [6.07, 6.45) is 3.92. The number of ether oxygens (including phenoxy) is 1. The first-order valence-corrected chi connectivity index (χ1v) is 6.16. The minimum Gasteiger partial charge on any atom is -0.448 e. The van der Waals surface area contributed by atoms with Crippen LogP contribution in [0.5, 0.6) is 0 Å². The van der Waals surface area contributed by atoms with Crippen LogP contribution in [-0.2, 0) is 11.2 Å². The Bertz CT molecular complexity index is 361. The van der Waals surface area contributed by atoms with E-state index in [1.165, 1.54) is 17.5 Å². The molecule has 0 saturated heterocycles. The van der Waals surface area contributed by atoms with Crippen LogP contribution in [0.4, 0.5) is 10.6 Å². The highest BCUT2D eigenvalue weighted by atomic mass is 16.6. The van der Waals surface area contributed by atoms with E-state index < -0.39 is 6.09 Å². The summed E-state index contributed by atoms with van der Waals surface area (Å²) in [4.78, 5) is 11.6. The summed E-state index contributed by atoms with van der Waals surface area (Å²) < 4.78 is 6.21. The quantitative estimate of drug-likeness (QED) is 0.775. The van der Waals surface area contributed by atoms with Crippen molar-refractivity contribution >= 4 is 11.9 Å². The van der Waals surface area contributed by atoms with Crippen molar-refractivity contribution < 1.29 is 9.53 Å². The Labute approximate surface area is 102 Å². The van der Waals surface area contributed by atoms with Crippen LogP contribution in [-0.4, -0.2) is 29.5 Å². The maximum absolute atomic E-state index is 11.6. The van der Waals surface area contributed by atoms with Gasteiger partial charge in [-0.15, -0.1) is 4.68 Å². The molecule has 0 amide bonds. The predicted molar refractivity (Wildman–Crippen MR) is 67.4 cm³/mol. The molecular weight excluding hydrogens is 218 g/mol. The Morgan fingerprint density at radius 1 is 1.47 bits per heavy atom. The molecule has 1 aromatic rings. The van der Waals surface area contributed by atoms with Crippen LogP contribution >= 0.6 is 0 Å². The molecular formula is C12H21N3O2. The standard InChI is InChI=1S/C12H21N3O2/c1-4-6-7-8-10-9-11(13-3)15(14-10)12(16)17-5-2/h9,13H,4-8H2,1-3H3. The van der Waals surface area contributed by atoms with Gasteiger partial charge in [-0.3, -0.25) is 0 Å². The lowest BCUT2D eigenvalue weighted by molar-refractivity contribution is 0.151. The van der Waals surface area contributed by atoms with E-state index in [2.05, 4.69) is 17.3 Å². The lowest BCUT2D eigenvalue weighted by Crippen LogP contribution is -2.17. The first-order chi connectivity index (χ1) is 8.22. The number of aromatic nitrogens is 2. The molecule has 5 heteroatoms. The van der Waals surface area contributed by atoms with Crippen LogP contribution in [0.15, 0.2) is 6.07 Å². The van der Waals surface area contributed by atoms with Crippen LogP contribution in [0.1, 0.15) is 38.8 Å². The molecule has 0 fully saturated rings. The highest BCUT2D eigenvalue weighted by molar-refractivity contribution is 5.74. The number of hydrogen-bond donors (Lipinski definition) is 1. The number of unbranched alkanes of at least 4 members (excludes halogenated alkanes) is 2. The molecule has 0 aromatic carbocycles. The van der Waals surface area contributed by atoms with Crippen LogP contribution in [0.25, 0.3) is 0 Å². The molecule has 1 heterocycles. The fourth-order valence-electron chi connectivity index (χ4n) is 1.61. The summed E-state index contributed by atoms with van der Waals surface area (Å²) in [5.74, 6) is 0.676. The smallest absolute Gasteiger partial charge is 0.436 e. The molecule has 17 heavy (non-hydrogen) atoms. The lowest BCUT2D eigenvalue weighted by atomic mass is 10.2. The van der Waals surface area contributed by atoms with E-state index in [1.54, 1.807) is 14.0 Å². The highest BCUT2D eigenvalue weighted by Crippen LogP contribution is 2.13. The molecule has 0 spiro atoms. The van der Waals surface area contributed by atoms with Gasteiger partial charge in [0.05, 0.1) is 12.3 Å². The average molecular weight is 239 g/mol. The molecule has 0 aliphatic rings. The first kappa shape index (κ1) is 13.5. The lowest BCUT2D eigenvalue weighted by Gasteiger charge is -2.04. The topological polar surface area (TPSA) is 56.2 Å². The van der Waals surface area contributed by atoms with E-state index >= 15 is 0 Å². The van der Waals surface area contributed by atoms with Crippen molar-refractivity contribution in [3.05, 3.63) is 11.8 Å². The van der Waals surface area contributed by atoms with Gasteiger partial charge in [0.15, 0.2) is 0 Å². The molecule has 0 aliphatic heterocycles. The number of hydrogen-bond acceptors (Lipinski definition) is 4. The van der Waals surface area contributed by atoms with Crippen molar-refractivity contribution in [3.63, 3.8) is 0 Å². The van der Waals surface area contributed by atoms with E-state index in [4.69, 9.17) is 4.74 Å². The maximum Gasteiger partial charge on any atom is 0.436 e. The number of rotatable bonds is 6. The van der Waals surface area contributed by atoms with E-state index in [0.717, 1.165) is 18.5 Å². The Balaban J connectivity index is 2.72. The van der Waals surface area contributed by atoms with Gasteiger partial charge in [0.25, 0.3) is 0 Å². The zero-order valence-corrected chi connectivity index (χ0v) is 10.8. The van der Waals surface area contributed by atoms with Gasteiger partial charge in [-0.2, -0.15) is 5.10 Å². The maximum atomic E-state index is 11.6. The molecule has 0 saturated carbocycles. The second kappa shape index (κ2) is 6.93. The zero-order chi connectivity index (χ0) is 12.7. The molecule has 5 nitrogen and oxygen atoms in total. The molecule has 0 aliphatic carbocycles. The van der Waals surface area contributed by atoms with Crippen LogP contribution in [0.3, 0.4) is 0 Å². The van der Waals surface area contributed by atoms with E-state index in [1.807, 2.05) is 6.07 Å². The zero-order valence-electron chi connectivity index (χ0n) is 10.8. The largest absolute Gasteiger partial charge is 0.448 e. The second-order valence-corrected chi connectivity index (χ2v) is 3.84. The van der Waals surface area contributed by atoms with Gasteiger partial charge in [0.1, 0.15) is 5.82 Å². The third kappa shape index (κ3) is 3.76. The van der Waals surface area contributed by atoms with Crippen molar-refractivity contribution in [3.8, 4) is 0 Å². The minimum atomic E-state index is -0.432. The number of nitrogens with one attached hydrogen (secondary N) is 1. The number of anilines is 1. The number of carbonyl (C=O) groups is 1. The average Bonchev–Trinajstić information content (AvgIpc) is 2.73. The Kier molecular flexibility index (Phi) is 5.52. The summed E-state index contributed by atoms with van der Waals surface area (Å²) in [5, 5.41) is 7.20. The van der Waals surface area contributed by atoms with Crippen LogP contribution in [0.2, 0.25) is 0 Å². The summed E-state index contributed by atoms with van der Waals surface area (Å²) in [6.45, 7) is 4.30. The summed E-state index contributed by atoms with van der Waals surface area (Å²) in [5.41, 5.74) is 0.927. The molecule has 96 valence electrons. The minimum absolute atomic E-state index is 0.354. The summed E-state index contributed by atoms with van der Waals surface area (Å²) in [7, 11) is 1.77. The van der Waals surface area contributed by atoms with Gasteiger partial charge in [0, 0.05) is 13.1 Å². The fourth-order valence-corrected chi connectivity index (χ4v) is 1.61. The fraction of sp³-hybridized carbons (Fsp3) is 0.667. The molecule has 1 N–H and O–H groups in total. The van der Waals surface area contributed by atoms with Crippen LogP contribution in [0, 0.1) is 0 Å². The molecule has 1 rings (SSSR count). The highest BCUT2D eigenvalue weighted by Gasteiger charge is 2.13. The third-order valence-electron chi connectivity index (χ3n) is 2.49. The molecule has 0 radical (unpaired) electrons. The Morgan fingerprint density at radius 3 is 2.82 bits per heavy atom. The van der Waals surface area contributed by atoms with E-state index in [9.17, 15) is 4.79 Å². The summed E-state index contributed by atoms with van der Waals surface area (Å²) in [6, 6.07) is 1.90. The van der Waals surface area contributed by atoms with Crippen molar-refractivity contribution in [2.45, 2.75) is 39.5 Å². The first-order valence-electron chi connectivity index (χ1n) is 6.16. The van der Waals surface area contributed by atoms with Gasteiger partial charge in [-0.1, -0.05) is 19.8 Å². The predicted octanol–water partition coefficient (Wildman–Crippen LogP) is 2.66. The number of carbonyl (C=O) groups excluding carboxylic acids is 1. The van der Waals surface area contributed by atoms with Gasteiger partial charge >= 0.3 is 6.09 Å². The van der Waals surface area contributed by atoms with Gasteiger partial charge in [-0.05, 0) is 19.8 Å². The van der Waals surface area contributed by atoms with E-state index in [0.29, 0.717) is 12.4 Å². The van der Waals surface area contributed by atoms with Crippen LogP contribution < -0.4 is 5.32 Å². The van der Waals surface area contributed by atoms with Crippen molar-refractivity contribution in [1.29, 1.82) is 0 Å². The molecule has 0 atom stereocenters. The van der Waals surface area contributed by atoms with E-state index in [-0.39, 0.29) is 0 Å². The van der Waals surface area contributed by atoms with Gasteiger partial charge in [0.2, 0.25) is 0 Å². The van der Waals surface area contributed by atoms with Crippen molar-refractivity contribution in [2.75, 3.05) is 19.0 Å². The second-order valence-electron chi connectivity index (χ2n) is 3.84. The number of nitrogens with zero attached hydrogens (tertiary/aromatic N) is 2. The normalized spacial score (nSPS) is 10.3. The number of aryl methyl sites for hydroxylation is 1. The SMILES string of the molecule is CCCCCc1cc(NC)n(C(=O)OCC)n1. The van der Waals surface area contributed by atoms with Gasteiger partial charge in [-0.25, -0.2) is 4.79 Å². The summed E-state index contributed by atoms with van der Waals surface area (Å²) >= 11 is 0. The van der Waals surface area contributed by atoms with Gasteiger partial charge < -0.3 is 10.1 Å².